The summed E-state index contributed by atoms with van der Waals surface area (Å²) in [6, 6.07) is 16.2. The van der Waals surface area contributed by atoms with Crippen molar-refractivity contribution in [2.24, 2.45) is 0 Å². The first kappa shape index (κ1) is 24.9. The average molecular weight is 467 g/mol. The Hall–Kier alpha value is -3.76. The topological polar surface area (TPSA) is 131 Å². The van der Waals surface area contributed by atoms with Gasteiger partial charge in [-0.2, -0.15) is 15.0 Å². The Morgan fingerprint density at radius 2 is 1.38 bits per heavy atom. The number of carbonyl (C=O) groups is 1. The summed E-state index contributed by atoms with van der Waals surface area (Å²) in [4.78, 5) is 24.2. The van der Waals surface area contributed by atoms with Crippen molar-refractivity contribution < 1.29 is 19.4 Å². The van der Waals surface area contributed by atoms with E-state index < -0.39 is 0 Å². The Labute approximate surface area is 198 Å². The molecule has 1 heterocycles. The van der Waals surface area contributed by atoms with Crippen LogP contribution in [0.1, 0.15) is 19.8 Å². The summed E-state index contributed by atoms with van der Waals surface area (Å²) in [6.07, 6.45) is 1.28. The maximum atomic E-state index is 10.9. The normalized spacial score (nSPS) is 10.6. The summed E-state index contributed by atoms with van der Waals surface area (Å²) >= 11 is 0. The van der Waals surface area contributed by atoms with Gasteiger partial charge < -0.3 is 35.3 Å². The molecule has 0 fully saturated rings. The van der Waals surface area contributed by atoms with Crippen molar-refractivity contribution in [1.82, 2.24) is 15.0 Å². The second kappa shape index (κ2) is 13.7. The Balaban J connectivity index is 1.51. The maximum absolute atomic E-state index is 10.9. The number of ketones is 1. The van der Waals surface area contributed by atoms with Crippen molar-refractivity contribution in [3.8, 4) is 5.75 Å². The number of hydrogen-bond donors (Lipinski definition) is 4. The Bertz CT molecular complexity index is 1020. The van der Waals surface area contributed by atoms with Gasteiger partial charge in [0.15, 0.2) is 0 Å². The van der Waals surface area contributed by atoms with E-state index in [0.717, 1.165) is 17.8 Å². The van der Waals surface area contributed by atoms with E-state index in [1.54, 1.807) is 31.2 Å². The molecule has 0 bridgehead atoms. The number of aromatic nitrogens is 3. The molecule has 4 N–H and O–H groups in total. The lowest BCUT2D eigenvalue weighted by atomic mass is 10.2. The lowest BCUT2D eigenvalue weighted by molar-refractivity contribution is -0.117. The predicted molar refractivity (Wildman–Crippen MR) is 131 cm³/mol. The third-order valence-corrected chi connectivity index (χ3v) is 4.51. The summed E-state index contributed by atoms with van der Waals surface area (Å²) in [5.41, 5.74) is 1.58. The number of Topliss-reactive ketones (excluding diaryl/α,β-unsaturated/α-hetero) is 1. The monoisotopic (exact) mass is 466 g/mol. The van der Waals surface area contributed by atoms with Crippen molar-refractivity contribution in [2.75, 3.05) is 48.9 Å². The number of carbonyl (C=O) groups excluding carboxylic acids is 1. The van der Waals surface area contributed by atoms with Gasteiger partial charge in [-0.1, -0.05) is 18.2 Å². The molecule has 0 atom stereocenters. The third-order valence-electron chi connectivity index (χ3n) is 4.51. The van der Waals surface area contributed by atoms with Crippen LogP contribution in [0, 0.1) is 0 Å². The van der Waals surface area contributed by atoms with Crippen molar-refractivity contribution in [3.05, 3.63) is 54.6 Å². The molecule has 0 aliphatic rings. The first-order valence-electron chi connectivity index (χ1n) is 11.1. The van der Waals surface area contributed by atoms with Crippen LogP contribution in [0.4, 0.5) is 29.2 Å². The van der Waals surface area contributed by atoms with Gasteiger partial charge in [-0.05, 0) is 49.7 Å². The average Bonchev–Trinajstić information content (AvgIpc) is 2.82. The van der Waals surface area contributed by atoms with Crippen molar-refractivity contribution >= 4 is 35.0 Å². The summed E-state index contributed by atoms with van der Waals surface area (Å²) in [6.45, 7) is 4.03. The lowest BCUT2D eigenvalue weighted by Gasteiger charge is -2.12. The fraction of sp³-hybridized carbons (Fsp3) is 0.333. The lowest BCUT2D eigenvalue weighted by Crippen LogP contribution is -2.15. The minimum atomic E-state index is 0.174. The van der Waals surface area contributed by atoms with E-state index >= 15 is 0 Å². The number of aromatic hydroxyl groups is 1. The van der Waals surface area contributed by atoms with E-state index in [2.05, 4.69) is 30.9 Å². The van der Waals surface area contributed by atoms with Crippen molar-refractivity contribution in [1.29, 1.82) is 0 Å². The number of benzene rings is 2. The minimum Gasteiger partial charge on any atom is -0.508 e. The first-order chi connectivity index (χ1) is 16.6. The van der Waals surface area contributed by atoms with Crippen LogP contribution in [-0.4, -0.2) is 58.8 Å². The summed E-state index contributed by atoms with van der Waals surface area (Å²) < 4.78 is 11.0. The van der Waals surface area contributed by atoms with Crippen molar-refractivity contribution in [3.63, 3.8) is 0 Å². The number of phenols is 1. The zero-order valence-corrected chi connectivity index (χ0v) is 19.2. The predicted octanol–water partition coefficient (Wildman–Crippen LogP) is 3.88. The minimum absolute atomic E-state index is 0.174. The van der Waals surface area contributed by atoms with Gasteiger partial charge in [0.25, 0.3) is 0 Å². The molecule has 1 aromatic heterocycles. The highest BCUT2D eigenvalue weighted by molar-refractivity contribution is 5.75. The van der Waals surface area contributed by atoms with Gasteiger partial charge >= 0.3 is 0 Å². The van der Waals surface area contributed by atoms with Crippen LogP contribution in [0.2, 0.25) is 0 Å². The fourth-order valence-corrected chi connectivity index (χ4v) is 2.87. The molecule has 0 spiro atoms. The molecular formula is C24H30N6O4. The quantitative estimate of drug-likeness (QED) is 0.193. The van der Waals surface area contributed by atoms with Crippen LogP contribution in [0.5, 0.6) is 5.75 Å². The zero-order valence-electron chi connectivity index (χ0n) is 19.2. The molecule has 34 heavy (non-hydrogen) atoms. The SMILES string of the molecule is CC(=O)CCCOCCOCCNc1nc(Nc2ccccc2)nc(Nc2ccc(O)cc2)n1. The smallest absolute Gasteiger partial charge is 0.233 e. The van der Waals surface area contributed by atoms with Crippen LogP contribution < -0.4 is 16.0 Å². The van der Waals surface area contributed by atoms with Crippen LogP contribution in [0.15, 0.2) is 54.6 Å². The maximum Gasteiger partial charge on any atom is 0.233 e. The number of anilines is 5. The van der Waals surface area contributed by atoms with Gasteiger partial charge in [-0.3, -0.25) is 0 Å². The number of nitrogens with one attached hydrogen (secondary N) is 3. The molecular weight excluding hydrogens is 436 g/mol. The highest BCUT2D eigenvalue weighted by atomic mass is 16.5. The third kappa shape index (κ3) is 9.39. The second-order valence-electron chi connectivity index (χ2n) is 7.43. The molecule has 10 heteroatoms. The molecule has 3 aromatic rings. The van der Waals surface area contributed by atoms with Gasteiger partial charge in [-0.25, -0.2) is 0 Å². The van der Waals surface area contributed by atoms with Gasteiger partial charge in [0.2, 0.25) is 17.8 Å². The molecule has 0 aliphatic carbocycles. The second-order valence-corrected chi connectivity index (χ2v) is 7.43. The molecule has 180 valence electrons. The molecule has 0 amide bonds. The highest BCUT2D eigenvalue weighted by Crippen LogP contribution is 2.20. The summed E-state index contributed by atoms with van der Waals surface area (Å²) in [5.74, 6) is 1.47. The fourth-order valence-electron chi connectivity index (χ4n) is 2.87. The Kier molecular flexibility index (Phi) is 10.0. The van der Waals surface area contributed by atoms with Crippen molar-refractivity contribution in [2.45, 2.75) is 19.8 Å². The van der Waals surface area contributed by atoms with E-state index in [-0.39, 0.29) is 11.5 Å². The standard InChI is InChI=1S/C24H30N6O4/c1-18(31)6-5-14-33-16-17-34-15-13-25-22-28-23(26-19-7-3-2-4-8-19)30-24(29-22)27-20-9-11-21(32)12-10-20/h2-4,7-12,32H,5-6,13-17H2,1H3,(H3,25,26,27,28,29,30). The van der Waals surface area contributed by atoms with E-state index in [1.807, 2.05) is 30.3 Å². The number of rotatable bonds is 15. The summed E-state index contributed by atoms with van der Waals surface area (Å²) in [7, 11) is 0. The van der Waals surface area contributed by atoms with Crippen LogP contribution in [-0.2, 0) is 14.3 Å². The number of hydrogen-bond acceptors (Lipinski definition) is 10. The van der Waals surface area contributed by atoms with E-state index in [1.165, 1.54) is 0 Å². The molecule has 3 rings (SSSR count). The van der Waals surface area contributed by atoms with E-state index in [9.17, 15) is 9.90 Å². The molecule has 2 aromatic carbocycles. The first-order valence-corrected chi connectivity index (χ1v) is 11.1. The van der Waals surface area contributed by atoms with Gasteiger partial charge in [0.1, 0.15) is 11.5 Å². The van der Waals surface area contributed by atoms with Gasteiger partial charge in [0.05, 0.1) is 19.8 Å². The van der Waals surface area contributed by atoms with E-state index in [0.29, 0.717) is 57.2 Å². The number of nitrogens with zero attached hydrogens (tertiary/aromatic N) is 3. The molecule has 0 saturated carbocycles. The molecule has 0 unspecified atom stereocenters. The van der Waals surface area contributed by atoms with Crippen LogP contribution in [0.25, 0.3) is 0 Å². The number of para-hydroxylation sites is 1. The van der Waals surface area contributed by atoms with Crippen LogP contribution in [0.3, 0.4) is 0 Å². The van der Waals surface area contributed by atoms with Gasteiger partial charge in [-0.15, -0.1) is 0 Å². The molecule has 10 nitrogen and oxygen atoms in total. The van der Waals surface area contributed by atoms with Crippen LogP contribution >= 0.6 is 0 Å². The number of ether oxygens (including phenoxy) is 2. The molecule has 0 aliphatic heterocycles. The van der Waals surface area contributed by atoms with Gasteiger partial charge in [0, 0.05) is 30.9 Å². The Morgan fingerprint density at radius 1 is 0.794 bits per heavy atom. The zero-order chi connectivity index (χ0) is 24.0. The van der Waals surface area contributed by atoms with E-state index in [4.69, 9.17) is 9.47 Å². The highest BCUT2D eigenvalue weighted by Gasteiger charge is 2.08. The number of phenolic OH excluding ortho intramolecular Hbond substituents is 1. The largest absolute Gasteiger partial charge is 0.508 e. The molecule has 0 radical (unpaired) electrons. The molecule has 0 saturated heterocycles. The Morgan fingerprint density at radius 3 is 2.03 bits per heavy atom. The summed E-state index contributed by atoms with van der Waals surface area (Å²) in [5, 5.41) is 18.9.